The lowest BCUT2D eigenvalue weighted by Gasteiger charge is -2.31. The maximum Gasteiger partial charge on any atom is 0.261 e. The van der Waals surface area contributed by atoms with Crippen molar-refractivity contribution in [2.45, 2.75) is 19.0 Å². The summed E-state index contributed by atoms with van der Waals surface area (Å²) in [5.74, 6) is -0.221. The average Bonchev–Trinajstić information content (AvgIpc) is 2.82. The zero-order valence-electron chi connectivity index (χ0n) is 17.6. The van der Waals surface area contributed by atoms with Crippen molar-refractivity contribution in [1.82, 2.24) is 10.2 Å². The standard InChI is InChI=1S/C25H24Cl2N2O3/c1-28-25(31)22(15-18-9-3-2-4-10-18)29(16-19-11-5-6-12-20(19)26)24(30)17-32-23-14-8-7-13-21(23)27/h2-14,22H,15-17H2,1H3,(H,28,31)/t22-/m0/s1. The molecule has 5 nitrogen and oxygen atoms in total. The van der Waals surface area contributed by atoms with Gasteiger partial charge in [0.25, 0.3) is 5.91 Å². The largest absolute Gasteiger partial charge is 0.482 e. The van der Waals surface area contributed by atoms with Crippen LogP contribution in [0.4, 0.5) is 0 Å². The first-order valence-electron chi connectivity index (χ1n) is 10.2. The highest BCUT2D eigenvalue weighted by Gasteiger charge is 2.30. The molecule has 166 valence electrons. The molecule has 7 heteroatoms. The molecule has 1 atom stereocenters. The Morgan fingerprint density at radius 1 is 0.906 bits per heavy atom. The summed E-state index contributed by atoms with van der Waals surface area (Å²) in [5, 5.41) is 3.60. The van der Waals surface area contributed by atoms with Gasteiger partial charge in [0, 0.05) is 25.0 Å². The van der Waals surface area contributed by atoms with Gasteiger partial charge in [-0.25, -0.2) is 0 Å². The van der Waals surface area contributed by atoms with Crippen LogP contribution in [0.2, 0.25) is 10.0 Å². The van der Waals surface area contributed by atoms with E-state index in [0.717, 1.165) is 11.1 Å². The highest BCUT2D eigenvalue weighted by molar-refractivity contribution is 6.32. The number of hydrogen-bond donors (Lipinski definition) is 1. The molecule has 0 saturated carbocycles. The van der Waals surface area contributed by atoms with Crippen molar-refractivity contribution >= 4 is 35.0 Å². The number of likely N-dealkylation sites (N-methyl/N-ethyl adjacent to an activating group) is 1. The number of nitrogens with one attached hydrogen (secondary N) is 1. The summed E-state index contributed by atoms with van der Waals surface area (Å²) in [5.41, 5.74) is 1.67. The second-order valence-corrected chi connectivity index (χ2v) is 7.97. The second-order valence-electron chi connectivity index (χ2n) is 7.15. The summed E-state index contributed by atoms with van der Waals surface area (Å²) in [6, 6.07) is 23.0. The van der Waals surface area contributed by atoms with Gasteiger partial charge in [-0.05, 0) is 29.3 Å². The molecule has 0 bridgehead atoms. The van der Waals surface area contributed by atoms with Crippen molar-refractivity contribution in [3.8, 4) is 5.75 Å². The molecule has 32 heavy (non-hydrogen) atoms. The Hall–Kier alpha value is -3.02. The number of amides is 2. The van der Waals surface area contributed by atoms with Gasteiger partial charge in [-0.3, -0.25) is 9.59 Å². The van der Waals surface area contributed by atoms with Gasteiger partial charge in [0.05, 0.1) is 5.02 Å². The molecule has 0 aliphatic heterocycles. The molecule has 0 unspecified atom stereocenters. The third kappa shape index (κ3) is 6.25. The minimum atomic E-state index is -0.749. The van der Waals surface area contributed by atoms with Crippen LogP contribution in [0.1, 0.15) is 11.1 Å². The van der Waals surface area contributed by atoms with Gasteiger partial charge in [0.1, 0.15) is 11.8 Å². The summed E-state index contributed by atoms with van der Waals surface area (Å²) in [6.45, 7) is -0.105. The molecule has 0 heterocycles. The minimum Gasteiger partial charge on any atom is -0.482 e. The maximum absolute atomic E-state index is 13.3. The zero-order valence-corrected chi connectivity index (χ0v) is 19.1. The highest BCUT2D eigenvalue weighted by atomic mass is 35.5. The number of hydrogen-bond acceptors (Lipinski definition) is 3. The molecule has 0 aliphatic rings. The van der Waals surface area contributed by atoms with E-state index in [1.807, 2.05) is 48.5 Å². The Bertz CT molecular complexity index is 1060. The van der Waals surface area contributed by atoms with Crippen LogP contribution in [-0.2, 0) is 22.6 Å². The Labute approximate surface area is 197 Å². The predicted molar refractivity (Wildman–Crippen MR) is 127 cm³/mol. The van der Waals surface area contributed by atoms with Gasteiger partial charge in [-0.2, -0.15) is 0 Å². The molecule has 0 saturated heterocycles. The van der Waals surface area contributed by atoms with Crippen LogP contribution in [-0.4, -0.2) is 36.4 Å². The molecule has 0 aliphatic carbocycles. The number of nitrogens with zero attached hydrogens (tertiary/aromatic N) is 1. The third-order valence-electron chi connectivity index (χ3n) is 5.00. The van der Waals surface area contributed by atoms with E-state index >= 15 is 0 Å². The van der Waals surface area contributed by atoms with Crippen LogP contribution in [0, 0.1) is 0 Å². The minimum absolute atomic E-state index is 0.162. The smallest absolute Gasteiger partial charge is 0.261 e. The van der Waals surface area contributed by atoms with Crippen LogP contribution < -0.4 is 10.1 Å². The summed E-state index contributed by atoms with van der Waals surface area (Å²) >= 11 is 12.5. The average molecular weight is 471 g/mol. The molecule has 0 fully saturated rings. The van der Waals surface area contributed by atoms with Crippen LogP contribution >= 0.6 is 23.2 Å². The number of carbonyl (C=O) groups excluding carboxylic acids is 2. The van der Waals surface area contributed by atoms with E-state index in [2.05, 4.69) is 5.32 Å². The van der Waals surface area contributed by atoms with Gasteiger partial charge in [-0.15, -0.1) is 0 Å². The van der Waals surface area contributed by atoms with Crippen molar-refractivity contribution in [2.75, 3.05) is 13.7 Å². The molecule has 3 rings (SSSR count). The predicted octanol–water partition coefficient (Wildman–Crippen LogP) is 4.76. The lowest BCUT2D eigenvalue weighted by molar-refractivity contribution is -0.142. The first-order chi connectivity index (χ1) is 15.5. The lowest BCUT2D eigenvalue weighted by atomic mass is 10.0. The van der Waals surface area contributed by atoms with Gasteiger partial charge >= 0.3 is 0 Å². The normalized spacial score (nSPS) is 11.5. The second kappa shape index (κ2) is 11.6. The van der Waals surface area contributed by atoms with Crippen LogP contribution in [0.15, 0.2) is 78.9 Å². The van der Waals surface area contributed by atoms with Crippen LogP contribution in [0.25, 0.3) is 0 Å². The van der Waals surface area contributed by atoms with E-state index in [-0.39, 0.29) is 25.0 Å². The SMILES string of the molecule is CNC(=O)[C@H](Cc1ccccc1)N(Cc1ccccc1Cl)C(=O)COc1ccccc1Cl. The summed E-state index contributed by atoms with van der Waals surface area (Å²) in [7, 11) is 1.55. The molecule has 3 aromatic rings. The molecular formula is C25H24Cl2N2O3. The third-order valence-corrected chi connectivity index (χ3v) is 5.68. The maximum atomic E-state index is 13.3. The van der Waals surface area contributed by atoms with Crippen molar-refractivity contribution in [3.63, 3.8) is 0 Å². The number of rotatable bonds is 9. The summed E-state index contributed by atoms with van der Waals surface area (Å²) < 4.78 is 5.67. The van der Waals surface area contributed by atoms with E-state index in [1.165, 1.54) is 4.90 Å². The molecule has 0 radical (unpaired) electrons. The van der Waals surface area contributed by atoms with Crippen molar-refractivity contribution < 1.29 is 14.3 Å². The number of ether oxygens (including phenoxy) is 1. The van der Waals surface area contributed by atoms with Gasteiger partial charge < -0.3 is 15.0 Å². The van der Waals surface area contributed by atoms with E-state index in [0.29, 0.717) is 22.2 Å². The molecule has 3 aromatic carbocycles. The summed E-state index contributed by atoms with van der Waals surface area (Å²) in [4.78, 5) is 27.7. The molecule has 0 aromatic heterocycles. The van der Waals surface area contributed by atoms with Crippen LogP contribution in [0.5, 0.6) is 5.75 Å². The molecule has 0 spiro atoms. The van der Waals surface area contributed by atoms with Crippen LogP contribution in [0.3, 0.4) is 0 Å². The molecule has 2 amide bonds. The monoisotopic (exact) mass is 470 g/mol. The van der Waals surface area contributed by atoms with Gasteiger partial charge in [0.15, 0.2) is 6.61 Å². The lowest BCUT2D eigenvalue weighted by Crippen LogP contribution is -2.51. The zero-order chi connectivity index (χ0) is 22.9. The van der Waals surface area contributed by atoms with E-state index < -0.39 is 6.04 Å². The fraction of sp³-hybridized carbons (Fsp3) is 0.200. The first kappa shape index (κ1) is 23.6. The fourth-order valence-corrected chi connectivity index (χ4v) is 3.70. The Kier molecular flexibility index (Phi) is 8.54. The molecular weight excluding hydrogens is 447 g/mol. The van der Waals surface area contributed by atoms with Gasteiger partial charge in [0.2, 0.25) is 5.91 Å². The number of para-hydroxylation sites is 1. The number of benzene rings is 3. The highest BCUT2D eigenvalue weighted by Crippen LogP contribution is 2.24. The number of halogens is 2. The van der Waals surface area contributed by atoms with Crippen molar-refractivity contribution in [3.05, 3.63) is 100 Å². The molecule has 1 N–H and O–H groups in total. The quantitative estimate of drug-likeness (QED) is 0.490. The topological polar surface area (TPSA) is 58.6 Å². The fourth-order valence-electron chi connectivity index (χ4n) is 3.31. The van der Waals surface area contributed by atoms with Gasteiger partial charge in [-0.1, -0.05) is 83.9 Å². The van der Waals surface area contributed by atoms with Crippen molar-refractivity contribution in [1.29, 1.82) is 0 Å². The number of carbonyl (C=O) groups is 2. The van der Waals surface area contributed by atoms with Crippen molar-refractivity contribution in [2.24, 2.45) is 0 Å². The summed E-state index contributed by atoms with van der Waals surface area (Å²) in [6.07, 6.45) is 0.350. The van der Waals surface area contributed by atoms with E-state index in [1.54, 1.807) is 37.4 Å². The Morgan fingerprint density at radius 2 is 1.53 bits per heavy atom. The Balaban J connectivity index is 1.89. The first-order valence-corrected chi connectivity index (χ1v) is 10.9. The Morgan fingerprint density at radius 3 is 2.19 bits per heavy atom. The van der Waals surface area contributed by atoms with E-state index in [9.17, 15) is 9.59 Å². The van der Waals surface area contributed by atoms with E-state index in [4.69, 9.17) is 27.9 Å².